The van der Waals surface area contributed by atoms with E-state index in [9.17, 15) is 14.7 Å². The molecular formula is C16H19N3O4S. The summed E-state index contributed by atoms with van der Waals surface area (Å²) in [4.78, 5) is 25.9. The average Bonchev–Trinajstić information content (AvgIpc) is 2.99. The fraction of sp³-hybridized carbons (Fsp3) is 0.312. The van der Waals surface area contributed by atoms with Crippen LogP contribution in [0.4, 0.5) is 5.13 Å². The van der Waals surface area contributed by atoms with E-state index >= 15 is 0 Å². The number of aromatic carboxylic acids is 1. The van der Waals surface area contributed by atoms with Crippen LogP contribution >= 0.6 is 11.3 Å². The SMILES string of the molecule is CC(=O)Nc1nc(C(O)CNCCc2ccc(C(=O)O)cc2)cs1. The Morgan fingerprint density at radius 3 is 2.62 bits per heavy atom. The van der Waals surface area contributed by atoms with Crippen LogP contribution in [0.5, 0.6) is 0 Å². The number of carboxylic acids is 1. The van der Waals surface area contributed by atoms with Gasteiger partial charge in [-0.1, -0.05) is 12.1 Å². The zero-order valence-electron chi connectivity index (χ0n) is 13.2. The van der Waals surface area contributed by atoms with E-state index in [4.69, 9.17) is 5.11 Å². The summed E-state index contributed by atoms with van der Waals surface area (Å²) < 4.78 is 0. The third-order valence-electron chi connectivity index (χ3n) is 3.28. The van der Waals surface area contributed by atoms with Gasteiger partial charge in [-0.3, -0.25) is 4.79 Å². The fourth-order valence-electron chi connectivity index (χ4n) is 2.04. The highest BCUT2D eigenvalue weighted by molar-refractivity contribution is 7.13. The normalized spacial score (nSPS) is 11.9. The van der Waals surface area contributed by atoms with Gasteiger partial charge in [0.15, 0.2) is 5.13 Å². The van der Waals surface area contributed by atoms with Crippen LogP contribution < -0.4 is 10.6 Å². The highest BCUT2D eigenvalue weighted by atomic mass is 32.1. The van der Waals surface area contributed by atoms with Crippen LogP contribution in [0.3, 0.4) is 0 Å². The molecule has 1 amide bonds. The number of carbonyl (C=O) groups excluding carboxylic acids is 1. The Hall–Kier alpha value is -2.29. The number of carbonyl (C=O) groups is 2. The second-order valence-electron chi connectivity index (χ2n) is 5.23. The molecule has 1 aromatic carbocycles. The predicted octanol–water partition coefficient (Wildman–Crippen LogP) is 1.67. The van der Waals surface area contributed by atoms with E-state index in [2.05, 4.69) is 15.6 Å². The van der Waals surface area contributed by atoms with E-state index in [1.54, 1.807) is 29.6 Å². The summed E-state index contributed by atoms with van der Waals surface area (Å²) in [6, 6.07) is 6.71. The largest absolute Gasteiger partial charge is 0.478 e. The van der Waals surface area contributed by atoms with Gasteiger partial charge < -0.3 is 20.8 Å². The van der Waals surface area contributed by atoms with Crippen LogP contribution in [0.15, 0.2) is 29.6 Å². The molecule has 0 fully saturated rings. The number of aliphatic hydroxyl groups excluding tert-OH is 1. The Kier molecular flexibility index (Phi) is 6.42. The minimum absolute atomic E-state index is 0.197. The van der Waals surface area contributed by atoms with Crippen LogP contribution in [-0.4, -0.2) is 40.2 Å². The summed E-state index contributed by atoms with van der Waals surface area (Å²) in [5, 5.41) is 26.8. The molecule has 2 aromatic rings. The number of rotatable bonds is 8. The molecule has 0 spiro atoms. The number of aliphatic hydroxyl groups is 1. The van der Waals surface area contributed by atoms with Crippen LogP contribution in [-0.2, 0) is 11.2 Å². The molecule has 128 valence electrons. The van der Waals surface area contributed by atoms with Gasteiger partial charge in [-0.2, -0.15) is 0 Å². The van der Waals surface area contributed by atoms with Crippen molar-refractivity contribution in [2.45, 2.75) is 19.4 Å². The molecule has 0 aliphatic carbocycles. The third kappa shape index (κ3) is 5.41. The van der Waals surface area contributed by atoms with Crippen molar-refractivity contribution in [1.82, 2.24) is 10.3 Å². The van der Waals surface area contributed by atoms with Gasteiger partial charge in [0.05, 0.1) is 11.3 Å². The lowest BCUT2D eigenvalue weighted by atomic mass is 10.1. The number of hydrogen-bond acceptors (Lipinski definition) is 6. The van der Waals surface area contributed by atoms with Crippen molar-refractivity contribution in [2.24, 2.45) is 0 Å². The lowest BCUT2D eigenvalue weighted by Crippen LogP contribution is -2.24. The van der Waals surface area contributed by atoms with Gasteiger partial charge in [-0.15, -0.1) is 11.3 Å². The predicted molar refractivity (Wildman–Crippen MR) is 91.4 cm³/mol. The second-order valence-corrected chi connectivity index (χ2v) is 6.09. The second kappa shape index (κ2) is 8.53. The molecule has 1 heterocycles. The first-order valence-electron chi connectivity index (χ1n) is 7.39. The Morgan fingerprint density at radius 2 is 2.00 bits per heavy atom. The molecule has 4 N–H and O–H groups in total. The number of hydrogen-bond donors (Lipinski definition) is 4. The number of thiazole rings is 1. The summed E-state index contributed by atoms with van der Waals surface area (Å²) in [7, 11) is 0. The third-order valence-corrected chi connectivity index (χ3v) is 4.05. The van der Waals surface area contributed by atoms with Crippen molar-refractivity contribution >= 4 is 28.3 Å². The molecule has 0 bridgehead atoms. The maximum absolute atomic E-state index is 10.9. The maximum atomic E-state index is 10.9. The lowest BCUT2D eigenvalue weighted by Gasteiger charge is -2.09. The monoisotopic (exact) mass is 349 g/mol. The van der Waals surface area contributed by atoms with Gasteiger partial charge in [-0.05, 0) is 30.7 Å². The Morgan fingerprint density at radius 1 is 1.29 bits per heavy atom. The zero-order chi connectivity index (χ0) is 17.5. The summed E-state index contributed by atoms with van der Waals surface area (Å²) in [5.74, 6) is -1.14. The fourth-order valence-corrected chi connectivity index (χ4v) is 2.84. The van der Waals surface area contributed by atoms with Gasteiger partial charge in [0, 0.05) is 18.8 Å². The first-order valence-corrected chi connectivity index (χ1v) is 8.27. The van der Waals surface area contributed by atoms with E-state index in [0.717, 1.165) is 12.0 Å². The quantitative estimate of drug-likeness (QED) is 0.539. The Labute approximate surface area is 143 Å². The van der Waals surface area contributed by atoms with E-state index < -0.39 is 12.1 Å². The zero-order valence-corrected chi connectivity index (χ0v) is 14.0. The number of aromatic nitrogens is 1. The smallest absolute Gasteiger partial charge is 0.335 e. The Bertz CT molecular complexity index is 700. The molecule has 0 aliphatic rings. The molecule has 0 saturated carbocycles. The number of nitrogens with one attached hydrogen (secondary N) is 2. The van der Waals surface area contributed by atoms with Crippen molar-refractivity contribution < 1.29 is 19.8 Å². The molecule has 0 radical (unpaired) electrons. The van der Waals surface area contributed by atoms with E-state index in [1.165, 1.54) is 18.3 Å². The van der Waals surface area contributed by atoms with Crippen molar-refractivity contribution in [3.63, 3.8) is 0 Å². The van der Waals surface area contributed by atoms with Crippen molar-refractivity contribution in [1.29, 1.82) is 0 Å². The summed E-state index contributed by atoms with van der Waals surface area (Å²) >= 11 is 1.27. The number of anilines is 1. The molecule has 2 rings (SSSR count). The first-order chi connectivity index (χ1) is 11.5. The van der Waals surface area contributed by atoms with Crippen LogP contribution in [0.25, 0.3) is 0 Å². The van der Waals surface area contributed by atoms with Gasteiger partial charge in [-0.25, -0.2) is 9.78 Å². The molecule has 0 saturated heterocycles. The number of amides is 1. The highest BCUT2D eigenvalue weighted by Crippen LogP contribution is 2.20. The molecule has 24 heavy (non-hydrogen) atoms. The maximum Gasteiger partial charge on any atom is 0.335 e. The number of nitrogens with zero attached hydrogens (tertiary/aromatic N) is 1. The first kappa shape index (κ1) is 18.1. The minimum Gasteiger partial charge on any atom is -0.478 e. The van der Waals surface area contributed by atoms with Crippen LogP contribution in [0, 0.1) is 0 Å². The van der Waals surface area contributed by atoms with E-state index in [1.807, 2.05) is 0 Å². The van der Waals surface area contributed by atoms with Gasteiger partial charge in [0.2, 0.25) is 5.91 Å². The molecule has 1 unspecified atom stereocenters. The Balaban J connectivity index is 1.74. The van der Waals surface area contributed by atoms with Crippen LogP contribution in [0.2, 0.25) is 0 Å². The van der Waals surface area contributed by atoms with E-state index in [0.29, 0.717) is 23.9 Å². The highest BCUT2D eigenvalue weighted by Gasteiger charge is 2.12. The molecule has 1 atom stereocenters. The molecule has 8 heteroatoms. The van der Waals surface area contributed by atoms with Gasteiger partial charge in [0.25, 0.3) is 0 Å². The van der Waals surface area contributed by atoms with Crippen molar-refractivity contribution in [2.75, 3.05) is 18.4 Å². The standard InChI is InChI=1S/C16H19N3O4S/c1-10(20)18-16-19-13(9-24-16)14(21)8-17-7-6-11-2-4-12(5-3-11)15(22)23/h2-5,9,14,17,21H,6-8H2,1H3,(H,22,23)(H,18,19,20). The van der Waals surface area contributed by atoms with Gasteiger partial charge in [0.1, 0.15) is 6.10 Å². The molecule has 0 aliphatic heterocycles. The van der Waals surface area contributed by atoms with Gasteiger partial charge >= 0.3 is 5.97 Å². The lowest BCUT2D eigenvalue weighted by molar-refractivity contribution is -0.114. The molecule has 7 nitrogen and oxygen atoms in total. The minimum atomic E-state index is -0.940. The average molecular weight is 349 g/mol. The summed E-state index contributed by atoms with van der Waals surface area (Å²) in [6.45, 7) is 2.39. The van der Waals surface area contributed by atoms with E-state index in [-0.39, 0.29) is 11.5 Å². The van der Waals surface area contributed by atoms with Crippen molar-refractivity contribution in [3.8, 4) is 0 Å². The number of benzene rings is 1. The van der Waals surface area contributed by atoms with Crippen LogP contribution in [0.1, 0.15) is 34.6 Å². The summed E-state index contributed by atoms with van der Waals surface area (Å²) in [5.41, 5.74) is 1.80. The molecular weight excluding hydrogens is 330 g/mol. The summed E-state index contributed by atoms with van der Waals surface area (Å²) in [6.07, 6.45) is -0.0287. The number of carboxylic acid groups (broad SMARTS) is 1. The topological polar surface area (TPSA) is 112 Å². The van der Waals surface area contributed by atoms with Crippen molar-refractivity contribution in [3.05, 3.63) is 46.5 Å². The molecule has 1 aromatic heterocycles.